The molecular formula is C13H13BrO3. The van der Waals surface area contributed by atoms with E-state index in [1.165, 1.54) is 18.2 Å². The van der Waals surface area contributed by atoms with Crippen LogP contribution in [0, 0.1) is 13.8 Å². The summed E-state index contributed by atoms with van der Waals surface area (Å²) in [4.78, 5) is 11.3. The molecule has 17 heavy (non-hydrogen) atoms. The molecule has 0 aliphatic rings. The first-order valence-electron chi connectivity index (χ1n) is 5.28. The molecule has 0 saturated carbocycles. The number of rotatable bonds is 2. The van der Waals surface area contributed by atoms with E-state index in [0.29, 0.717) is 4.67 Å². The largest absolute Gasteiger partial charge is 0.469 e. The number of ether oxygens (including phenoxy) is 1. The van der Waals surface area contributed by atoms with Crippen molar-refractivity contribution in [3.05, 3.63) is 33.5 Å². The molecule has 0 N–H and O–H groups in total. The fraction of sp³-hybridized carbons (Fsp3) is 0.308. The lowest BCUT2D eigenvalue weighted by Gasteiger charge is -2.01. The van der Waals surface area contributed by atoms with Crippen molar-refractivity contribution in [2.24, 2.45) is 0 Å². The molecule has 3 nitrogen and oxygen atoms in total. The third-order valence-corrected chi connectivity index (χ3v) is 3.55. The maximum atomic E-state index is 11.3. The van der Waals surface area contributed by atoms with Crippen molar-refractivity contribution in [3.8, 4) is 0 Å². The van der Waals surface area contributed by atoms with Crippen LogP contribution in [0.2, 0.25) is 0 Å². The van der Waals surface area contributed by atoms with Crippen LogP contribution >= 0.6 is 15.9 Å². The Kier molecular flexibility index (Phi) is 3.24. The maximum absolute atomic E-state index is 11.3. The zero-order valence-electron chi connectivity index (χ0n) is 9.96. The van der Waals surface area contributed by atoms with Crippen LogP contribution in [0.1, 0.15) is 16.7 Å². The van der Waals surface area contributed by atoms with Gasteiger partial charge in [0, 0.05) is 10.9 Å². The van der Waals surface area contributed by atoms with Gasteiger partial charge in [-0.05, 0) is 53.0 Å². The summed E-state index contributed by atoms with van der Waals surface area (Å²) in [6, 6.07) is 4.02. The average Bonchev–Trinajstić information content (AvgIpc) is 2.56. The van der Waals surface area contributed by atoms with Gasteiger partial charge in [0.05, 0.1) is 13.5 Å². The first-order valence-corrected chi connectivity index (χ1v) is 6.07. The number of hydrogen-bond donors (Lipinski definition) is 0. The Morgan fingerprint density at radius 3 is 2.65 bits per heavy atom. The molecule has 2 aromatic rings. The van der Waals surface area contributed by atoms with Crippen LogP contribution in [0.25, 0.3) is 11.0 Å². The molecule has 0 radical (unpaired) electrons. The summed E-state index contributed by atoms with van der Waals surface area (Å²) in [5, 5.41) is 0.963. The lowest BCUT2D eigenvalue weighted by Crippen LogP contribution is -2.04. The average molecular weight is 297 g/mol. The Labute approximate surface area is 108 Å². The molecule has 0 atom stereocenters. The predicted molar refractivity (Wildman–Crippen MR) is 69.1 cm³/mol. The highest BCUT2D eigenvalue weighted by atomic mass is 79.9. The van der Waals surface area contributed by atoms with Crippen molar-refractivity contribution in [3.63, 3.8) is 0 Å². The molecule has 90 valence electrons. The molecule has 0 spiro atoms. The van der Waals surface area contributed by atoms with Gasteiger partial charge in [-0.3, -0.25) is 4.79 Å². The highest BCUT2D eigenvalue weighted by Gasteiger charge is 2.16. The van der Waals surface area contributed by atoms with Crippen LogP contribution in [0.3, 0.4) is 0 Å². The number of benzene rings is 1. The van der Waals surface area contributed by atoms with Crippen molar-refractivity contribution in [2.45, 2.75) is 20.3 Å². The van der Waals surface area contributed by atoms with Crippen LogP contribution in [-0.2, 0) is 16.0 Å². The quantitative estimate of drug-likeness (QED) is 0.796. The fourth-order valence-electron chi connectivity index (χ4n) is 1.76. The Hall–Kier alpha value is -1.29. The molecule has 4 heteroatoms. The summed E-state index contributed by atoms with van der Waals surface area (Å²) >= 11 is 3.34. The molecule has 0 fully saturated rings. The second-order valence-corrected chi connectivity index (χ2v) is 4.76. The van der Waals surface area contributed by atoms with Crippen molar-refractivity contribution in [2.75, 3.05) is 7.11 Å². The minimum atomic E-state index is -0.272. The number of hydrogen-bond acceptors (Lipinski definition) is 3. The molecule has 1 aromatic heterocycles. The normalized spacial score (nSPS) is 10.8. The summed E-state index contributed by atoms with van der Waals surface area (Å²) in [5.74, 6) is -0.272. The number of aryl methyl sites for hydroxylation is 2. The van der Waals surface area contributed by atoms with E-state index >= 15 is 0 Å². The van der Waals surface area contributed by atoms with Crippen LogP contribution in [0.15, 0.2) is 21.2 Å². The van der Waals surface area contributed by atoms with Gasteiger partial charge in [0.15, 0.2) is 4.67 Å². The SMILES string of the molecule is COC(=O)Cc1c(Br)oc2cc(C)c(C)cc12. The Balaban J connectivity index is 2.58. The lowest BCUT2D eigenvalue weighted by atomic mass is 10.0. The molecule has 0 aliphatic carbocycles. The van der Waals surface area contributed by atoms with Gasteiger partial charge < -0.3 is 9.15 Å². The minimum absolute atomic E-state index is 0.215. The van der Waals surface area contributed by atoms with Crippen molar-refractivity contribution < 1.29 is 13.9 Å². The number of carbonyl (C=O) groups excluding carboxylic acids is 1. The highest BCUT2D eigenvalue weighted by molar-refractivity contribution is 9.10. The molecule has 0 amide bonds. The smallest absolute Gasteiger partial charge is 0.310 e. The predicted octanol–water partition coefficient (Wildman–Crippen LogP) is 3.53. The fourth-order valence-corrected chi connectivity index (χ4v) is 2.28. The van der Waals surface area contributed by atoms with Crippen LogP contribution in [-0.4, -0.2) is 13.1 Å². The first kappa shape index (κ1) is 12.2. The van der Waals surface area contributed by atoms with Gasteiger partial charge in [-0.1, -0.05) is 0 Å². The van der Waals surface area contributed by atoms with Gasteiger partial charge in [0.1, 0.15) is 5.58 Å². The van der Waals surface area contributed by atoms with E-state index in [1.54, 1.807) is 0 Å². The summed E-state index contributed by atoms with van der Waals surface area (Å²) < 4.78 is 10.9. The number of furan rings is 1. The molecule has 0 unspecified atom stereocenters. The third-order valence-electron chi connectivity index (χ3n) is 2.91. The minimum Gasteiger partial charge on any atom is -0.469 e. The third kappa shape index (κ3) is 2.22. The Morgan fingerprint density at radius 2 is 2.00 bits per heavy atom. The van der Waals surface area contributed by atoms with Crippen LogP contribution < -0.4 is 0 Å². The zero-order chi connectivity index (χ0) is 12.6. The standard InChI is InChI=1S/C13H13BrO3/c1-7-4-9-10(6-12(15)16-3)13(14)17-11(9)5-8(7)2/h4-5H,6H2,1-3H3. The maximum Gasteiger partial charge on any atom is 0.310 e. The number of halogens is 1. The summed E-state index contributed by atoms with van der Waals surface area (Å²) in [7, 11) is 1.38. The molecule has 2 rings (SSSR count). The van der Waals surface area contributed by atoms with E-state index in [4.69, 9.17) is 4.42 Å². The van der Waals surface area contributed by atoms with Gasteiger partial charge in [-0.25, -0.2) is 0 Å². The van der Waals surface area contributed by atoms with Gasteiger partial charge in [-0.15, -0.1) is 0 Å². The zero-order valence-corrected chi connectivity index (χ0v) is 11.6. The van der Waals surface area contributed by atoms with E-state index < -0.39 is 0 Å². The number of carbonyl (C=O) groups is 1. The molecule has 0 aliphatic heterocycles. The number of fused-ring (bicyclic) bond motifs is 1. The molecule has 1 heterocycles. The molecular weight excluding hydrogens is 284 g/mol. The van der Waals surface area contributed by atoms with Crippen LogP contribution in [0.5, 0.6) is 0 Å². The van der Waals surface area contributed by atoms with Crippen molar-refractivity contribution in [1.29, 1.82) is 0 Å². The Bertz CT molecular complexity index is 584. The van der Waals surface area contributed by atoms with E-state index in [0.717, 1.165) is 16.5 Å². The first-order chi connectivity index (χ1) is 8.02. The second-order valence-electron chi connectivity index (χ2n) is 4.04. The molecule has 0 saturated heterocycles. The molecule has 1 aromatic carbocycles. The topological polar surface area (TPSA) is 39.4 Å². The van der Waals surface area contributed by atoms with Gasteiger partial charge in [0.2, 0.25) is 0 Å². The van der Waals surface area contributed by atoms with Crippen LogP contribution in [0.4, 0.5) is 0 Å². The Morgan fingerprint density at radius 1 is 1.35 bits per heavy atom. The number of esters is 1. The van der Waals surface area contributed by atoms with Crippen molar-refractivity contribution in [1.82, 2.24) is 0 Å². The monoisotopic (exact) mass is 296 g/mol. The molecule has 0 bridgehead atoms. The summed E-state index contributed by atoms with van der Waals surface area (Å²) in [5.41, 5.74) is 3.98. The van der Waals surface area contributed by atoms with Gasteiger partial charge in [-0.2, -0.15) is 0 Å². The van der Waals surface area contributed by atoms with E-state index in [9.17, 15) is 4.79 Å². The lowest BCUT2D eigenvalue weighted by molar-refractivity contribution is -0.139. The second kappa shape index (κ2) is 4.53. The van der Waals surface area contributed by atoms with Crippen molar-refractivity contribution >= 4 is 32.9 Å². The van der Waals surface area contributed by atoms with E-state index in [2.05, 4.69) is 20.7 Å². The highest BCUT2D eigenvalue weighted by Crippen LogP contribution is 2.32. The van der Waals surface area contributed by atoms with E-state index in [1.807, 2.05) is 26.0 Å². The van der Waals surface area contributed by atoms with Gasteiger partial charge in [0.25, 0.3) is 0 Å². The van der Waals surface area contributed by atoms with E-state index in [-0.39, 0.29) is 12.4 Å². The number of methoxy groups -OCH3 is 1. The summed E-state index contributed by atoms with van der Waals surface area (Å²) in [6.45, 7) is 4.07. The van der Waals surface area contributed by atoms with Gasteiger partial charge >= 0.3 is 5.97 Å². The summed E-state index contributed by atoms with van der Waals surface area (Å²) in [6.07, 6.45) is 0.215.